The predicted molar refractivity (Wildman–Crippen MR) is 125 cm³/mol. The van der Waals surface area contributed by atoms with Crippen molar-refractivity contribution < 1.29 is 19.0 Å². The maximum Gasteiger partial charge on any atom is 0.219 e. The van der Waals surface area contributed by atoms with E-state index in [9.17, 15) is 4.79 Å². The number of carbonyl (C=O) groups excluding carboxylic acids is 1. The highest BCUT2D eigenvalue weighted by molar-refractivity contribution is 5.74. The molecule has 0 aliphatic carbocycles. The lowest BCUT2D eigenvalue weighted by Crippen LogP contribution is -2.47. The first-order chi connectivity index (χ1) is 15.5. The van der Waals surface area contributed by atoms with Crippen molar-refractivity contribution in [3.8, 4) is 17.2 Å². The van der Waals surface area contributed by atoms with Crippen LogP contribution in [-0.4, -0.2) is 62.7 Å². The average Bonchev–Trinajstić information content (AvgIpc) is 3.18. The van der Waals surface area contributed by atoms with Crippen LogP contribution in [0.4, 0.5) is 0 Å². The second-order valence-electron chi connectivity index (χ2n) is 8.94. The van der Waals surface area contributed by atoms with Crippen LogP contribution in [0.25, 0.3) is 0 Å². The molecule has 0 radical (unpaired) electrons. The molecule has 0 spiro atoms. The molecule has 4 rings (SSSR count). The van der Waals surface area contributed by atoms with Crippen LogP contribution in [0.15, 0.2) is 36.4 Å². The Morgan fingerprint density at radius 3 is 2.47 bits per heavy atom. The molecule has 0 saturated carbocycles. The Kier molecular flexibility index (Phi) is 6.60. The Labute approximate surface area is 191 Å². The molecule has 0 N–H and O–H groups in total. The molecule has 1 amide bonds. The number of benzene rings is 2. The molecule has 2 aromatic rings. The quantitative estimate of drug-likeness (QED) is 0.686. The lowest BCUT2D eigenvalue weighted by atomic mass is 9.81. The molecule has 32 heavy (non-hydrogen) atoms. The molecule has 2 fully saturated rings. The van der Waals surface area contributed by atoms with Crippen molar-refractivity contribution in [2.24, 2.45) is 5.92 Å². The molecular weight excluding hydrogens is 404 g/mol. The lowest BCUT2D eigenvalue weighted by Gasteiger charge is -2.39. The Morgan fingerprint density at radius 1 is 1.03 bits per heavy atom. The fourth-order valence-corrected chi connectivity index (χ4v) is 5.59. The molecule has 2 heterocycles. The standard InChI is InChI=1S/C26H34N2O4/c1-17-7-6-8-19(13-17)21-16-28(18(2)29)23-11-12-27(15-22(21)23)14-20-9-10-24(30-3)26(32-5)25(20)31-4/h6-10,13,21-23H,11-12,14-16H2,1-5H3/t21-,22-,23-/m0/s1. The van der Waals surface area contributed by atoms with Crippen LogP contribution in [0.1, 0.15) is 36.0 Å². The van der Waals surface area contributed by atoms with Gasteiger partial charge >= 0.3 is 0 Å². The lowest BCUT2D eigenvalue weighted by molar-refractivity contribution is -0.130. The summed E-state index contributed by atoms with van der Waals surface area (Å²) in [5.74, 6) is 2.98. The molecule has 172 valence electrons. The maximum atomic E-state index is 12.4. The summed E-state index contributed by atoms with van der Waals surface area (Å²) in [6, 6.07) is 13.1. The molecule has 6 heteroatoms. The third-order valence-electron chi connectivity index (χ3n) is 7.07. The number of methoxy groups -OCH3 is 3. The van der Waals surface area contributed by atoms with E-state index in [4.69, 9.17) is 14.2 Å². The SMILES string of the molecule is COc1ccc(CN2CC[C@H]3[C@@H](C2)[C@H](c2cccc(C)c2)CN3C(C)=O)c(OC)c1OC. The Hall–Kier alpha value is -2.73. The number of hydrogen-bond acceptors (Lipinski definition) is 5. The molecule has 2 aliphatic heterocycles. The second kappa shape index (κ2) is 9.41. The van der Waals surface area contributed by atoms with Gasteiger partial charge < -0.3 is 19.1 Å². The van der Waals surface area contributed by atoms with E-state index < -0.39 is 0 Å². The normalized spacial score (nSPS) is 23.0. The summed E-state index contributed by atoms with van der Waals surface area (Å²) >= 11 is 0. The zero-order valence-electron chi connectivity index (χ0n) is 19.8. The summed E-state index contributed by atoms with van der Waals surface area (Å²) in [5, 5.41) is 0. The van der Waals surface area contributed by atoms with Crippen molar-refractivity contribution in [1.29, 1.82) is 0 Å². The van der Waals surface area contributed by atoms with E-state index in [1.807, 2.05) is 6.07 Å². The van der Waals surface area contributed by atoms with E-state index in [1.54, 1.807) is 28.3 Å². The second-order valence-corrected chi connectivity index (χ2v) is 8.94. The van der Waals surface area contributed by atoms with Gasteiger partial charge in [0.15, 0.2) is 11.5 Å². The van der Waals surface area contributed by atoms with Crippen molar-refractivity contribution in [3.63, 3.8) is 0 Å². The van der Waals surface area contributed by atoms with Gasteiger partial charge in [0, 0.05) is 56.5 Å². The molecule has 0 bridgehead atoms. The van der Waals surface area contributed by atoms with Gasteiger partial charge in [-0.25, -0.2) is 0 Å². The van der Waals surface area contributed by atoms with Crippen molar-refractivity contribution in [2.45, 2.75) is 38.8 Å². The predicted octanol–water partition coefficient (Wildman–Crippen LogP) is 3.86. The number of hydrogen-bond donors (Lipinski definition) is 0. The fraction of sp³-hybridized carbons (Fsp3) is 0.500. The number of nitrogens with zero attached hydrogens (tertiary/aromatic N) is 2. The van der Waals surface area contributed by atoms with Gasteiger partial charge in [0.05, 0.1) is 21.3 Å². The molecular formula is C26H34N2O4. The van der Waals surface area contributed by atoms with E-state index in [0.29, 0.717) is 29.4 Å². The molecule has 3 atom stereocenters. The molecule has 2 aliphatic rings. The number of rotatable bonds is 6. The maximum absolute atomic E-state index is 12.4. The van der Waals surface area contributed by atoms with Crippen molar-refractivity contribution in [1.82, 2.24) is 9.80 Å². The number of piperidine rings is 1. The van der Waals surface area contributed by atoms with Crippen molar-refractivity contribution in [3.05, 3.63) is 53.1 Å². The first-order valence-electron chi connectivity index (χ1n) is 11.3. The van der Waals surface area contributed by atoms with Gasteiger partial charge in [-0.05, 0) is 25.0 Å². The zero-order chi connectivity index (χ0) is 22.8. The highest BCUT2D eigenvalue weighted by Gasteiger charge is 2.46. The van der Waals surface area contributed by atoms with Crippen molar-refractivity contribution in [2.75, 3.05) is 41.0 Å². The number of ether oxygens (including phenoxy) is 3. The summed E-state index contributed by atoms with van der Waals surface area (Å²) in [5.41, 5.74) is 3.69. The van der Waals surface area contributed by atoms with E-state index in [0.717, 1.165) is 43.9 Å². The van der Waals surface area contributed by atoms with Crippen LogP contribution in [0, 0.1) is 12.8 Å². The Morgan fingerprint density at radius 2 is 1.81 bits per heavy atom. The zero-order valence-corrected chi connectivity index (χ0v) is 19.8. The smallest absolute Gasteiger partial charge is 0.219 e. The van der Waals surface area contributed by atoms with Gasteiger partial charge in [0.2, 0.25) is 11.7 Å². The molecule has 2 saturated heterocycles. The largest absolute Gasteiger partial charge is 0.493 e. The molecule has 0 aromatic heterocycles. The topological polar surface area (TPSA) is 51.2 Å². The first-order valence-corrected chi connectivity index (χ1v) is 11.3. The van der Waals surface area contributed by atoms with Gasteiger partial charge in [-0.1, -0.05) is 35.9 Å². The van der Waals surface area contributed by atoms with Crippen LogP contribution in [0.2, 0.25) is 0 Å². The van der Waals surface area contributed by atoms with Crippen molar-refractivity contribution >= 4 is 5.91 Å². The number of fused-ring (bicyclic) bond motifs is 1. The van der Waals surface area contributed by atoms with Gasteiger partial charge in [-0.2, -0.15) is 0 Å². The summed E-state index contributed by atoms with van der Waals surface area (Å²) in [6.45, 7) is 7.31. The minimum atomic E-state index is 0.185. The molecule has 0 unspecified atom stereocenters. The van der Waals surface area contributed by atoms with Gasteiger partial charge in [-0.3, -0.25) is 9.69 Å². The summed E-state index contributed by atoms with van der Waals surface area (Å²) in [4.78, 5) is 17.0. The van der Waals surface area contributed by atoms with Crippen LogP contribution in [0.3, 0.4) is 0 Å². The van der Waals surface area contributed by atoms with Crippen LogP contribution >= 0.6 is 0 Å². The van der Waals surface area contributed by atoms with Crippen LogP contribution in [0.5, 0.6) is 17.2 Å². The first kappa shape index (κ1) is 22.5. The summed E-state index contributed by atoms with van der Waals surface area (Å²) in [6.07, 6.45) is 0.988. The van der Waals surface area contributed by atoms with Crippen LogP contribution < -0.4 is 14.2 Å². The highest BCUT2D eigenvalue weighted by Crippen LogP contribution is 2.44. The number of aryl methyl sites for hydroxylation is 1. The van der Waals surface area contributed by atoms with Gasteiger partial charge in [-0.15, -0.1) is 0 Å². The Balaban J connectivity index is 1.59. The summed E-state index contributed by atoms with van der Waals surface area (Å²) in [7, 11) is 4.94. The van der Waals surface area contributed by atoms with E-state index in [1.165, 1.54) is 11.1 Å². The minimum absolute atomic E-state index is 0.185. The van der Waals surface area contributed by atoms with E-state index >= 15 is 0 Å². The third kappa shape index (κ3) is 4.16. The third-order valence-corrected chi connectivity index (χ3v) is 7.07. The summed E-state index contributed by atoms with van der Waals surface area (Å²) < 4.78 is 16.7. The number of amides is 1. The molecule has 2 aromatic carbocycles. The number of likely N-dealkylation sites (tertiary alicyclic amines) is 2. The highest BCUT2D eigenvalue weighted by atomic mass is 16.5. The fourth-order valence-electron chi connectivity index (χ4n) is 5.59. The average molecular weight is 439 g/mol. The molecule has 6 nitrogen and oxygen atoms in total. The Bertz CT molecular complexity index is 976. The minimum Gasteiger partial charge on any atom is -0.493 e. The van der Waals surface area contributed by atoms with E-state index in [2.05, 4.69) is 47.1 Å². The van der Waals surface area contributed by atoms with Crippen LogP contribution in [-0.2, 0) is 11.3 Å². The van der Waals surface area contributed by atoms with Gasteiger partial charge in [0.25, 0.3) is 0 Å². The number of carbonyl (C=O) groups is 1. The van der Waals surface area contributed by atoms with E-state index in [-0.39, 0.29) is 5.91 Å². The van der Waals surface area contributed by atoms with Gasteiger partial charge in [0.1, 0.15) is 0 Å². The monoisotopic (exact) mass is 438 g/mol.